The van der Waals surface area contributed by atoms with Gasteiger partial charge in [-0.15, -0.1) is 11.3 Å². The number of thiazole rings is 1. The van der Waals surface area contributed by atoms with Crippen LogP contribution in [0.4, 0.5) is 16.5 Å². The van der Waals surface area contributed by atoms with E-state index >= 15 is 0 Å². The molecule has 0 spiro atoms. The van der Waals surface area contributed by atoms with Crippen LogP contribution in [0.3, 0.4) is 0 Å². The summed E-state index contributed by atoms with van der Waals surface area (Å²) in [6.07, 6.45) is 7.77. The fraction of sp³-hybridized carbons (Fsp3) is 0.115. The number of hydrogen-bond acceptors (Lipinski definition) is 6. The minimum atomic E-state index is -0.191. The second-order valence-corrected chi connectivity index (χ2v) is 8.07. The second-order valence-electron chi connectivity index (χ2n) is 7.22. The van der Waals surface area contributed by atoms with Crippen LogP contribution in [0.25, 0.3) is 17.3 Å². The molecule has 166 valence electrons. The number of pyridine rings is 1. The molecule has 7 heteroatoms. The highest BCUT2D eigenvalue weighted by Gasteiger charge is 2.05. The summed E-state index contributed by atoms with van der Waals surface area (Å²) in [6.45, 7) is 2.77. The summed E-state index contributed by atoms with van der Waals surface area (Å²) in [7, 11) is 0. The number of ether oxygens (including phenoxy) is 1. The lowest BCUT2D eigenvalue weighted by Crippen LogP contribution is -2.07. The Labute approximate surface area is 197 Å². The first-order valence-corrected chi connectivity index (χ1v) is 11.5. The highest BCUT2D eigenvalue weighted by atomic mass is 32.1. The molecule has 0 aliphatic carbocycles. The molecule has 4 aromatic rings. The highest BCUT2D eigenvalue weighted by Crippen LogP contribution is 2.27. The normalized spacial score (nSPS) is 10.8. The quantitative estimate of drug-likeness (QED) is 0.285. The van der Waals surface area contributed by atoms with Crippen molar-refractivity contribution in [1.82, 2.24) is 9.97 Å². The molecule has 2 aromatic carbocycles. The van der Waals surface area contributed by atoms with Gasteiger partial charge in [0.1, 0.15) is 5.75 Å². The van der Waals surface area contributed by atoms with E-state index in [9.17, 15) is 4.79 Å². The lowest BCUT2D eigenvalue weighted by atomic mass is 10.2. The third-order valence-electron chi connectivity index (χ3n) is 4.66. The molecule has 4 rings (SSSR count). The summed E-state index contributed by atoms with van der Waals surface area (Å²) in [5, 5.41) is 8.97. The van der Waals surface area contributed by atoms with Gasteiger partial charge in [0, 0.05) is 40.8 Å². The van der Waals surface area contributed by atoms with E-state index in [2.05, 4.69) is 27.5 Å². The molecule has 0 saturated heterocycles. The van der Waals surface area contributed by atoms with E-state index in [1.54, 1.807) is 18.5 Å². The van der Waals surface area contributed by atoms with Crippen LogP contribution < -0.4 is 15.4 Å². The van der Waals surface area contributed by atoms with Crippen LogP contribution in [0.2, 0.25) is 0 Å². The topological polar surface area (TPSA) is 76.1 Å². The number of carbonyl (C=O) groups is 1. The van der Waals surface area contributed by atoms with Crippen LogP contribution in [-0.4, -0.2) is 22.5 Å². The predicted octanol–water partition coefficient (Wildman–Crippen LogP) is 6.39. The molecular weight excluding hydrogens is 432 g/mol. The van der Waals surface area contributed by atoms with E-state index in [0.717, 1.165) is 45.5 Å². The number of anilines is 3. The zero-order valence-corrected chi connectivity index (χ0v) is 19.0. The molecular formula is C26H24N4O2S. The number of amides is 1. The van der Waals surface area contributed by atoms with E-state index in [-0.39, 0.29) is 5.91 Å². The molecule has 1 amide bonds. The van der Waals surface area contributed by atoms with Crippen molar-refractivity contribution < 1.29 is 9.53 Å². The van der Waals surface area contributed by atoms with E-state index in [4.69, 9.17) is 4.74 Å². The zero-order valence-electron chi connectivity index (χ0n) is 18.2. The summed E-state index contributed by atoms with van der Waals surface area (Å²) in [6, 6.07) is 19.0. The van der Waals surface area contributed by atoms with Gasteiger partial charge in [0.2, 0.25) is 5.91 Å². The Balaban J connectivity index is 1.30. The van der Waals surface area contributed by atoms with Crippen molar-refractivity contribution in [3.05, 3.63) is 90.1 Å². The molecule has 0 bridgehead atoms. The van der Waals surface area contributed by atoms with Gasteiger partial charge in [-0.1, -0.05) is 19.1 Å². The largest absolute Gasteiger partial charge is 0.494 e. The van der Waals surface area contributed by atoms with Gasteiger partial charge in [-0.25, -0.2) is 4.98 Å². The van der Waals surface area contributed by atoms with Gasteiger partial charge in [0.05, 0.1) is 12.3 Å². The first-order chi connectivity index (χ1) is 16.2. The number of nitrogens with zero attached hydrogens (tertiary/aromatic N) is 2. The van der Waals surface area contributed by atoms with Crippen molar-refractivity contribution in [2.75, 3.05) is 17.2 Å². The van der Waals surface area contributed by atoms with Gasteiger partial charge in [-0.2, -0.15) is 0 Å². The van der Waals surface area contributed by atoms with Gasteiger partial charge in [-0.05, 0) is 66.6 Å². The molecule has 33 heavy (non-hydrogen) atoms. The molecule has 0 radical (unpaired) electrons. The van der Waals surface area contributed by atoms with Crippen molar-refractivity contribution in [3.63, 3.8) is 0 Å². The molecule has 2 aromatic heterocycles. The number of carbonyl (C=O) groups excluding carboxylic acids is 1. The van der Waals surface area contributed by atoms with E-state index in [0.29, 0.717) is 6.61 Å². The first-order valence-electron chi connectivity index (χ1n) is 10.6. The SMILES string of the molecule is CCCOc1ccc(/C=C/C(=O)Nc2ccc(Nc3nc(-c4ccncc4)cs3)cc2)cc1. The zero-order chi connectivity index (χ0) is 22.9. The number of benzene rings is 2. The van der Waals surface area contributed by atoms with Gasteiger partial charge >= 0.3 is 0 Å². The molecule has 0 fully saturated rings. The number of hydrogen-bond donors (Lipinski definition) is 2. The van der Waals surface area contributed by atoms with E-state index in [1.807, 2.05) is 66.0 Å². The third-order valence-corrected chi connectivity index (χ3v) is 5.42. The molecule has 0 aliphatic rings. The monoisotopic (exact) mass is 456 g/mol. The Bertz CT molecular complexity index is 1200. The van der Waals surface area contributed by atoms with Crippen molar-refractivity contribution >= 4 is 39.8 Å². The Morgan fingerprint density at radius 2 is 1.73 bits per heavy atom. The fourth-order valence-electron chi connectivity index (χ4n) is 3.00. The van der Waals surface area contributed by atoms with Crippen LogP contribution in [0.5, 0.6) is 5.75 Å². The summed E-state index contributed by atoms with van der Waals surface area (Å²) in [4.78, 5) is 20.9. The number of nitrogens with one attached hydrogen (secondary N) is 2. The fourth-order valence-corrected chi connectivity index (χ4v) is 3.74. The predicted molar refractivity (Wildman–Crippen MR) is 135 cm³/mol. The van der Waals surface area contributed by atoms with Gasteiger partial charge in [0.25, 0.3) is 0 Å². The van der Waals surface area contributed by atoms with Crippen LogP contribution in [0, 0.1) is 0 Å². The molecule has 0 unspecified atom stereocenters. The van der Waals surface area contributed by atoms with Gasteiger partial charge < -0.3 is 15.4 Å². The van der Waals surface area contributed by atoms with Crippen molar-refractivity contribution in [2.45, 2.75) is 13.3 Å². The van der Waals surface area contributed by atoms with Gasteiger partial charge in [-0.3, -0.25) is 9.78 Å². The maximum atomic E-state index is 12.3. The maximum Gasteiger partial charge on any atom is 0.248 e. The molecule has 0 saturated carbocycles. The molecule has 0 aliphatic heterocycles. The van der Waals surface area contributed by atoms with Crippen molar-refractivity contribution in [3.8, 4) is 17.0 Å². The summed E-state index contributed by atoms with van der Waals surface area (Å²) < 4.78 is 5.57. The molecule has 2 heterocycles. The highest BCUT2D eigenvalue weighted by molar-refractivity contribution is 7.14. The average molecular weight is 457 g/mol. The Morgan fingerprint density at radius 1 is 1.00 bits per heavy atom. The minimum Gasteiger partial charge on any atom is -0.494 e. The maximum absolute atomic E-state index is 12.3. The smallest absolute Gasteiger partial charge is 0.248 e. The standard InChI is InChI=1S/C26H24N4O2S/c1-2-17-32-23-10-3-19(4-11-23)5-12-25(31)28-21-6-8-22(9-7-21)29-26-30-24(18-33-26)20-13-15-27-16-14-20/h3-16,18H,2,17H2,1H3,(H,28,31)(H,29,30)/b12-5+. The molecule has 6 nitrogen and oxygen atoms in total. The summed E-state index contributed by atoms with van der Waals surface area (Å²) in [5.41, 5.74) is 4.48. The third kappa shape index (κ3) is 6.51. The van der Waals surface area contributed by atoms with E-state index < -0.39 is 0 Å². The first kappa shape index (κ1) is 22.2. The Kier molecular flexibility index (Phi) is 7.45. The number of aromatic nitrogens is 2. The molecule has 2 N–H and O–H groups in total. The van der Waals surface area contributed by atoms with Crippen molar-refractivity contribution in [1.29, 1.82) is 0 Å². The lowest BCUT2D eigenvalue weighted by Gasteiger charge is -2.06. The van der Waals surface area contributed by atoms with Crippen LogP contribution in [0.15, 0.2) is 84.5 Å². The second kappa shape index (κ2) is 11.1. The Hall–Kier alpha value is -3.97. The van der Waals surface area contributed by atoms with Gasteiger partial charge in [0.15, 0.2) is 5.13 Å². The van der Waals surface area contributed by atoms with Crippen LogP contribution in [-0.2, 0) is 4.79 Å². The van der Waals surface area contributed by atoms with Crippen LogP contribution >= 0.6 is 11.3 Å². The van der Waals surface area contributed by atoms with E-state index in [1.165, 1.54) is 17.4 Å². The van der Waals surface area contributed by atoms with Crippen molar-refractivity contribution in [2.24, 2.45) is 0 Å². The van der Waals surface area contributed by atoms with Crippen LogP contribution in [0.1, 0.15) is 18.9 Å². The lowest BCUT2D eigenvalue weighted by molar-refractivity contribution is -0.111. The Morgan fingerprint density at radius 3 is 2.45 bits per heavy atom. The molecule has 0 atom stereocenters. The summed E-state index contributed by atoms with van der Waals surface area (Å²) >= 11 is 1.53. The average Bonchev–Trinajstić information content (AvgIpc) is 3.32. The summed E-state index contributed by atoms with van der Waals surface area (Å²) in [5.74, 6) is 0.641. The minimum absolute atomic E-state index is 0.191. The number of rotatable bonds is 9.